The Bertz CT molecular complexity index is 820. The van der Waals surface area contributed by atoms with Gasteiger partial charge in [-0.15, -0.1) is 0 Å². The van der Waals surface area contributed by atoms with Crippen LogP contribution in [0.3, 0.4) is 0 Å². The van der Waals surface area contributed by atoms with Crippen molar-refractivity contribution in [1.29, 1.82) is 0 Å². The van der Waals surface area contributed by atoms with Crippen molar-refractivity contribution >= 4 is 11.6 Å². The van der Waals surface area contributed by atoms with E-state index >= 15 is 0 Å². The van der Waals surface area contributed by atoms with Crippen LogP contribution in [0.4, 0.5) is 4.39 Å². The van der Waals surface area contributed by atoms with Crippen molar-refractivity contribution in [3.8, 4) is 11.5 Å². The summed E-state index contributed by atoms with van der Waals surface area (Å²) in [4.78, 5) is 12.5. The molecule has 2 aromatic carbocycles. The fourth-order valence-electron chi connectivity index (χ4n) is 2.70. The second-order valence-electron chi connectivity index (χ2n) is 5.53. The van der Waals surface area contributed by atoms with E-state index in [1.165, 1.54) is 23.2 Å². The predicted molar refractivity (Wildman–Crippen MR) is 92.8 cm³/mol. The molecule has 25 heavy (non-hydrogen) atoms. The van der Waals surface area contributed by atoms with E-state index in [0.29, 0.717) is 31.1 Å². The maximum absolute atomic E-state index is 13.3. The van der Waals surface area contributed by atoms with Crippen LogP contribution in [0, 0.1) is 5.82 Å². The molecular formula is C19H19FN2O3. The first-order valence-corrected chi connectivity index (χ1v) is 8.08. The molecule has 0 unspecified atom stereocenters. The van der Waals surface area contributed by atoms with E-state index < -0.39 is 5.82 Å². The molecule has 0 spiro atoms. The summed E-state index contributed by atoms with van der Waals surface area (Å²) >= 11 is 0. The van der Waals surface area contributed by atoms with Crippen molar-refractivity contribution < 1.29 is 18.7 Å². The smallest absolute Gasteiger partial charge is 0.274 e. The molecule has 130 valence electrons. The van der Waals surface area contributed by atoms with Gasteiger partial charge in [0.15, 0.2) is 11.5 Å². The average molecular weight is 342 g/mol. The third-order valence-corrected chi connectivity index (χ3v) is 3.90. The maximum atomic E-state index is 13.3. The molecule has 0 saturated carbocycles. The summed E-state index contributed by atoms with van der Waals surface area (Å²) < 4.78 is 24.2. The van der Waals surface area contributed by atoms with E-state index in [0.717, 1.165) is 11.3 Å². The molecule has 0 aliphatic carbocycles. The predicted octanol–water partition coefficient (Wildman–Crippen LogP) is 3.48. The zero-order valence-electron chi connectivity index (χ0n) is 14.2. The van der Waals surface area contributed by atoms with Gasteiger partial charge >= 0.3 is 0 Å². The molecule has 0 fully saturated rings. The molecule has 0 radical (unpaired) electrons. The number of ether oxygens (including phenoxy) is 2. The SMILES string of the molecule is CCOc1cc(C2=NN(C(=O)c3cccc(F)c3)CC2)ccc1OC. The number of rotatable bonds is 5. The van der Waals surface area contributed by atoms with Crippen LogP contribution in [-0.4, -0.2) is 36.9 Å². The third-order valence-electron chi connectivity index (χ3n) is 3.90. The van der Waals surface area contributed by atoms with E-state index in [2.05, 4.69) is 5.10 Å². The monoisotopic (exact) mass is 342 g/mol. The number of methoxy groups -OCH3 is 1. The number of carbonyl (C=O) groups is 1. The number of hydrogen-bond acceptors (Lipinski definition) is 4. The molecule has 1 aliphatic rings. The van der Waals surface area contributed by atoms with Gasteiger partial charge < -0.3 is 9.47 Å². The summed E-state index contributed by atoms with van der Waals surface area (Å²) in [5, 5.41) is 5.77. The summed E-state index contributed by atoms with van der Waals surface area (Å²) in [5.41, 5.74) is 1.95. The highest BCUT2D eigenvalue weighted by atomic mass is 19.1. The average Bonchev–Trinajstić information content (AvgIpc) is 3.11. The lowest BCUT2D eigenvalue weighted by Gasteiger charge is -2.11. The number of hydrazone groups is 1. The summed E-state index contributed by atoms with van der Waals surface area (Å²) in [6, 6.07) is 11.2. The van der Waals surface area contributed by atoms with E-state index in [9.17, 15) is 9.18 Å². The fraction of sp³-hybridized carbons (Fsp3) is 0.263. The number of halogens is 1. The van der Waals surface area contributed by atoms with Crippen molar-refractivity contribution in [2.45, 2.75) is 13.3 Å². The van der Waals surface area contributed by atoms with E-state index in [-0.39, 0.29) is 11.5 Å². The van der Waals surface area contributed by atoms with Crippen LogP contribution in [0.5, 0.6) is 11.5 Å². The minimum Gasteiger partial charge on any atom is -0.493 e. The van der Waals surface area contributed by atoms with Crippen LogP contribution in [-0.2, 0) is 0 Å². The van der Waals surface area contributed by atoms with Gasteiger partial charge in [0.1, 0.15) is 5.82 Å². The molecule has 3 rings (SSSR count). The molecule has 0 N–H and O–H groups in total. The Balaban J connectivity index is 1.84. The fourth-order valence-corrected chi connectivity index (χ4v) is 2.70. The minimum atomic E-state index is -0.439. The van der Waals surface area contributed by atoms with Crippen LogP contribution >= 0.6 is 0 Å². The van der Waals surface area contributed by atoms with Gasteiger partial charge in [-0.2, -0.15) is 5.10 Å². The summed E-state index contributed by atoms with van der Waals surface area (Å²) in [6.07, 6.45) is 0.624. The van der Waals surface area contributed by atoms with E-state index in [4.69, 9.17) is 9.47 Å². The van der Waals surface area contributed by atoms with E-state index in [1.807, 2.05) is 25.1 Å². The van der Waals surface area contributed by atoms with Gasteiger partial charge in [0.05, 0.1) is 26.0 Å². The topological polar surface area (TPSA) is 51.1 Å². The van der Waals surface area contributed by atoms with Gasteiger partial charge in [0.25, 0.3) is 5.91 Å². The Hall–Kier alpha value is -2.89. The normalized spacial score (nSPS) is 13.6. The molecule has 1 heterocycles. The first-order valence-electron chi connectivity index (χ1n) is 8.08. The molecule has 1 amide bonds. The van der Waals surface area contributed by atoms with Crippen LogP contribution in [0.1, 0.15) is 29.3 Å². The zero-order valence-corrected chi connectivity index (χ0v) is 14.2. The third kappa shape index (κ3) is 3.63. The molecule has 0 bridgehead atoms. The first-order chi connectivity index (χ1) is 12.1. The molecule has 1 aliphatic heterocycles. The van der Waals surface area contributed by atoms with Gasteiger partial charge in [0, 0.05) is 17.5 Å². The summed E-state index contributed by atoms with van der Waals surface area (Å²) in [6.45, 7) is 2.88. The standard InChI is InChI=1S/C19H19FN2O3/c1-3-25-18-12-13(7-8-17(18)24-2)16-9-10-22(21-16)19(23)14-5-4-6-15(20)11-14/h4-8,11-12H,3,9-10H2,1-2H3. The molecule has 0 saturated heterocycles. The number of nitrogens with zero attached hydrogens (tertiary/aromatic N) is 2. The second-order valence-corrected chi connectivity index (χ2v) is 5.53. The van der Waals surface area contributed by atoms with Gasteiger partial charge in [-0.3, -0.25) is 4.79 Å². The highest BCUT2D eigenvalue weighted by Gasteiger charge is 2.23. The Morgan fingerprint density at radius 2 is 2.08 bits per heavy atom. The molecule has 6 heteroatoms. The zero-order chi connectivity index (χ0) is 17.8. The highest BCUT2D eigenvalue weighted by Crippen LogP contribution is 2.29. The molecule has 0 aromatic heterocycles. The summed E-state index contributed by atoms with van der Waals surface area (Å²) in [5.74, 6) is 0.538. The molecule has 0 atom stereocenters. The van der Waals surface area contributed by atoms with Crippen molar-refractivity contribution in [1.82, 2.24) is 5.01 Å². The van der Waals surface area contributed by atoms with Gasteiger partial charge in [-0.1, -0.05) is 6.07 Å². The summed E-state index contributed by atoms with van der Waals surface area (Å²) in [7, 11) is 1.59. The minimum absolute atomic E-state index is 0.287. The van der Waals surface area contributed by atoms with Crippen molar-refractivity contribution in [2.24, 2.45) is 5.10 Å². The second kappa shape index (κ2) is 7.34. The maximum Gasteiger partial charge on any atom is 0.274 e. The Kier molecular flexibility index (Phi) is 4.97. The number of benzene rings is 2. The Morgan fingerprint density at radius 3 is 2.80 bits per heavy atom. The number of carbonyl (C=O) groups excluding carboxylic acids is 1. The van der Waals surface area contributed by atoms with Crippen LogP contribution < -0.4 is 9.47 Å². The van der Waals surface area contributed by atoms with Crippen LogP contribution in [0.2, 0.25) is 0 Å². The lowest BCUT2D eigenvalue weighted by Crippen LogP contribution is -2.23. The lowest BCUT2D eigenvalue weighted by molar-refractivity contribution is 0.0778. The van der Waals surface area contributed by atoms with E-state index in [1.54, 1.807) is 13.2 Å². The van der Waals surface area contributed by atoms with Crippen molar-refractivity contribution in [3.05, 3.63) is 59.4 Å². The largest absolute Gasteiger partial charge is 0.493 e. The lowest BCUT2D eigenvalue weighted by atomic mass is 10.1. The van der Waals surface area contributed by atoms with Gasteiger partial charge in [0.2, 0.25) is 0 Å². The Morgan fingerprint density at radius 1 is 1.24 bits per heavy atom. The molecule has 5 nitrogen and oxygen atoms in total. The van der Waals surface area contributed by atoms with Gasteiger partial charge in [-0.05, 0) is 43.3 Å². The molecule has 2 aromatic rings. The highest BCUT2D eigenvalue weighted by molar-refractivity contribution is 6.04. The number of hydrogen-bond donors (Lipinski definition) is 0. The first kappa shape index (κ1) is 17.0. The van der Waals surface area contributed by atoms with Gasteiger partial charge in [-0.25, -0.2) is 9.40 Å². The van der Waals surface area contributed by atoms with Crippen LogP contribution in [0.25, 0.3) is 0 Å². The number of amides is 1. The van der Waals surface area contributed by atoms with Crippen molar-refractivity contribution in [3.63, 3.8) is 0 Å². The van der Waals surface area contributed by atoms with Crippen molar-refractivity contribution in [2.75, 3.05) is 20.3 Å². The quantitative estimate of drug-likeness (QED) is 0.836. The van der Waals surface area contributed by atoms with Crippen LogP contribution in [0.15, 0.2) is 47.6 Å². The molecular weight excluding hydrogens is 323 g/mol. The Labute approximate surface area is 145 Å².